The second-order valence-corrected chi connectivity index (χ2v) is 6.04. The van der Waals surface area contributed by atoms with E-state index in [2.05, 4.69) is 18.9 Å². The Balaban J connectivity index is 2.00. The summed E-state index contributed by atoms with van der Waals surface area (Å²) in [6.07, 6.45) is 9.77. The Morgan fingerprint density at radius 2 is 2.00 bits per heavy atom. The van der Waals surface area contributed by atoms with Crippen LogP contribution in [-0.4, -0.2) is 30.6 Å². The van der Waals surface area contributed by atoms with Crippen molar-refractivity contribution in [1.29, 1.82) is 0 Å². The van der Waals surface area contributed by atoms with E-state index in [9.17, 15) is 0 Å². The van der Waals surface area contributed by atoms with Crippen molar-refractivity contribution < 1.29 is 0 Å². The number of nitrogens with zero attached hydrogens (tertiary/aromatic N) is 1. The van der Waals surface area contributed by atoms with E-state index in [1.807, 2.05) is 0 Å². The van der Waals surface area contributed by atoms with Crippen molar-refractivity contribution in [3.05, 3.63) is 0 Å². The zero-order chi connectivity index (χ0) is 11.6. The third-order valence-electron chi connectivity index (χ3n) is 4.90. The van der Waals surface area contributed by atoms with Gasteiger partial charge in [0.15, 0.2) is 0 Å². The maximum atomic E-state index is 6.11. The molecule has 2 aliphatic carbocycles. The summed E-state index contributed by atoms with van der Waals surface area (Å²) in [5.41, 5.74) is 6.45. The van der Waals surface area contributed by atoms with Gasteiger partial charge in [-0.15, -0.1) is 0 Å². The first-order valence-electron chi connectivity index (χ1n) is 7.13. The van der Waals surface area contributed by atoms with E-state index in [1.165, 1.54) is 51.5 Å². The van der Waals surface area contributed by atoms with E-state index in [0.29, 0.717) is 5.54 Å². The van der Waals surface area contributed by atoms with Crippen LogP contribution in [-0.2, 0) is 0 Å². The molecule has 0 heterocycles. The molecule has 0 aliphatic heterocycles. The smallest absolute Gasteiger partial charge is 0.0331 e. The van der Waals surface area contributed by atoms with Gasteiger partial charge in [-0.05, 0) is 57.5 Å². The van der Waals surface area contributed by atoms with Gasteiger partial charge in [0, 0.05) is 12.1 Å². The number of hydrogen-bond acceptors (Lipinski definition) is 2. The first kappa shape index (κ1) is 12.4. The van der Waals surface area contributed by atoms with Crippen LogP contribution in [0.5, 0.6) is 0 Å². The lowest BCUT2D eigenvalue weighted by atomic mass is 9.73. The second-order valence-electron chi connectivity index (χ2n) is 6.04. The summed E-state index contributed by atoms with van der Waals surface area (Å²) in [5.74, 6) is 2.04. The summed E-state index contributed by atoms with van der Waals surface area (Å²) in [4.78, 5) is 2.56. The highest BCUT2D eigenvalue weighted by Crippen LogP contribution is 2.47. The molecular formula is C14H28N2. The highest BCUT2D eigenvalue weighted by atomic mass is 15.2. The van der Waals surface area contributed by atoms with Crippen LogP contribution in [0.4, 0.5) is 0 Å². The lowest BCUT2D eigenvalue weighted by Gasteiger charge is -2.47. The molecule has 94 valence electrons. The molecule has 0 radical (unpaired) electrons. The molecule has 2 fully saturated rings. The van der Waals surface area contributed by atoms with E-state index >= 15 is 0 Å². The Morgan fingerprint density at radius 1 is 1.25 bits per heavy atom. The lowest BCUT2D eigenvalue weighted by molar-refractivity contribution is 0.0518. The van der Waals surface area contributed by atoms with E-state index in [0.717, 1.165) is 18.4 Å². The van der Waals surface area contributed by atoms with Crippen molar-refractivity contribution >= 4 is 0 Å². The molecule has 0 aromatic rings. The van der Waals surface area contributed by atoms with Crippen molar-refractivity contribution in [1.82, 2.24) is 4.90 Å². The molecule has 2 rings (SSSR count). The van der Waals surface area contributed by atoms with Gasteiger partial charge in [0.2, 0.25) is 0 Å². The predicted molar refractivity (Wildman–Crippen MR) is 69.4 cm³/mol. The molecule has 0 saturated heterocycles. The molecule has 0 bridgehead atoms. The zero-order valence-corrected chi connectivity index (χ0v) is 11.0. The summed E-state index contributed by atoms with van der Waals surface area (Å²) in [5, 5.41) is 0. The minimum Gasteiger partial charge on any atom is -0.329 e. The van der Waals surface area contributed by atoms with Crippen LogP contribution in [0.2, 0.25) is 0 Å². The average molecular weight is 224 g/mol. The number of nitrogens with two attached hydrogens (primary N) is 1. The van der Waals surface area contributed by atoms with Gasteiger partial charge >= 0.3 is 0 Å². The first-order valence-corrected chi connectivity index (χ1v) is 7.13. The molecule has 2 aliphatic rings. The molecule has 16 heavy (non-hydrogen) atoms. The molecule has 2 unspecified atom stereocenters. The Morgan fingerprint density at radius 3 is 2.56 bits per heavy atom. The third kappa shape index (κ3) is 2.43. The second kappa shape index (κ2) is 5.05. The summed E-state index contributed by atoms with van der Waals surface area (Å²) in [7, 11) is 2.28. The zero-order valence-electron chi connectivity index (χ0n) is 11.0. The van der Waals surface area contributed by atoms with Crippen LogP contribution in [0, 0.1) is 11.8 Å². The quantitative estimate of drug-likeness (QED) is 0.778. The maximum Gasteiger partial charge on any atom is 0.0331 e. The number of hydrogen-bond donors (Lipinski definition) is 1. The third-order valence-corrected chi connectivity index (χ3v) is 4.90. The van der Waals surface area contributed by atoms with Gasteiger partial charge in [-0.25, -0.2) is 0 Å². The highest BCUT2D eigenvalue weighted by Gasteiger charge is 2.43. The van der Waals surface area contributed by atoms with E-state index < -0.39 is 0 Å². The van der Waals surface area contributed by atoms with Crippen LogP contribution >= 0.6 is 0 Å². The molecule has 2 saturated carbocycles. The van der Waals surface area contributed by atoms with Crippen LogP contribution in [0.25, 0.3) is 0 Å². The van der Waals surface area contributed by atoms with E-state index in [1.54, 1.807) is 0 Å². The minimum atomic E-state index is 0.335. The van der Waals surface area contributed by atoms with Crippen molar-refractivity contribution in [3.8, 4) is 0 Å². The average Bonchev–Trinajstić information content (AvgIpc) is 3.13. The Hall–Kier alpha value is -0.0800. The van der Waals surface area contributed by atoms with Gasteiger partial charge in [0.25, 0.3) is 0 Å². The van der Waals surface area contributed by atoms with E-state index in [4.69, 9.17) is 5.73 Å². The molecule has 2 heteroatoms. The molecule has 2 atom stereocenters. The van der Waals surface area contributed by atoms with Gasteiger partial charge in [0.1, 0.15) is 0 Å². The highest BCUT2D eigenvalue weighted by molar-refractivity contribution is 4.98. The monoisotopic (exact) mass is 224 g/mol. The van der Waals surface area contributed by atoms with Crippen molar-refractivity contribution in [2.75, 3.05) is 20.1 Å². The van der Waals surface area contributed by atoms with Gasteiger partial charge in [-0.3, -0.25) is 4.90 Å². The number of likely N-dealkylation sites (N-methyl/N-ethyl adjacent to an activating group) is 1. The fourth-order valence-electron chi connectivity index (χ4n) is 3.62. The number of rotatable bonds is 5. The Labute approximate surface area is 101 Å². The molecule has 0 amide bonds. The standard InChI is InChI=1S/C14H28N2/c1-3-9-16(2)14(11-15)8-4-5-13(10-14)12-6-7-12/h12-13H,3-11,15H2,1-2H3. The van der Waals surface area contributed by atoms with Gasteiger partial charge in [-0.1, -0.05) is 19.8 Å². The van der Waals surface area contributed by atoms with Crippen molar-refractivity contribution in [2.45, 2.75) is 57.4 Å². The van der Waals surface area contributed by atoms with Gasteiger partial charge in [0.05, 0.1) is 0 Å². The Kier molecular flexibility index (Phi) is 3.91. The van der Waals surface area contributed by atoms with Gasteiger partial charge in [-0.2, -0.15) is 0 Å². The van der Waals surface area contributed by atoms with Crippen molar-refractivity contribution in [2.24, 2.45) is 17.6 Å². The fraction of sp³-hybridized carbons (Fsp3) is 1.00. The summed E-state index contributed by atoms with van der Waals surface area (Å²) < 4.78 is 0. The minimum absolute atomic E-state index is 0.335. The molecule has 0 aromatic heterocycles. The van der Waals surface area contributed by atoms with Crippen LogP contribution in [0.1, 0.15) is 51.9 Å². The van der Waals surface area contributed by atoms with E-state index in [-0.39, 0.29) is 0 Å². The SMILES string of the molecule is CCCN(C)C1(CN)CCCC(C2CC2)C1. The van der Waals surface area contributed by atoms with Crippen LogP contribution < -0.4 is 5.73 Å². The van der Waals surface area contributed by atoms with Crippen LogP contribution in [0.3, 0.4) is 0 Å². The lowest BCUT2D eigenvalue weighted by Crippen LogP contribution is -2.55. The molecule has 2 N–H and O–H groups in total. The predicted octanol–water partition coefficient (Wildman–Crippen LogP) is 2.63. The normalized spacial score (nSPS) is 35.6. The molecule has 0 spiro atoms. The topological polar surface area (TPSA) is 29.3 Å². The van der Waals surface area contributed by atoms with Gasteiger partial charge < -0.3 is 5.73 Å². The summed E-state index contributed by atoms with van der Waals surface area (Å²) in [6.45, 7) is 4.32. The molecule has 2 nitrogen and oxygen atoms in total. The maximum absolute atomic E-state index is 6.11. The first-order chi connectivity index (χ1) is 7.72. The molecular weight excluding hydrogens is 196 g/mol. The fourth-order valence-corrected chi connectivity index (χ4v) is 3.62. The summed E-state index contributed by atoms with van der Waals surface area (Å²) in [6, 6.07) is 0. The Bertz CT molecular complexity index is 225. The summed E-state index contributed by atoms with van der Waals surface area (Å²) >= 11 is 0. The largest absolute Gasteiger partial charge is 0.329 e. The van der Waals surface area contributed by atoms with Crippen LogP contribution in [0.15, 0.2) is 0 Å². The molecule has 0 aromatic carbocycles. The van der Waals surface area contributed by atoms with Crippen molar-refractivity contribution in [3.63, 3.8) is 0 Å².